The second-order valence-corrected chi connectivity index (χ2v) is 12.0. The summed E-state index contributed by atoms with van der Waals surface area (Å²) >= 11 is 12.1. The number of aromatic nitrogens is 1. The summed E-state index contributed by atoms with van der Waals surface area (Å²) in [6.45, 7) is 6.23. The summed E-state index contributed by atoms with van der Waals surface area (Å²) in [4.78, 5) is 31.4. The van der Waals surface area contributed by atoms with Crippen molar-refractivity contribution in [3.05, 3.63) is 105 Å². The van der Waals surface area contributed by atoms with Gasteiger partial charge in [0.05, 0.1) is 16.8 Å². The Morgan fingerprint density at radius 2 is 1.73 bits per heavy atom. The van der Waals surface area contributed by atoms with Crippen LogP contribution in [0.4, 0.5) is 5.69 Å². The fourth-order valence-corrected chi connectivity index (χ4v) is 5.41. The zero-order valence-corrected chi connectivity index (χ0v) is 24.1. The average Bonchev–Trinajstić information content (AvgIpc) is 2.91. The second kappa shape index (κ2) is 11.4. The van der Waals surface area contributed by atoms with Gasteiger partial charge in [-0.1, -0.05) is 80.4 Å². The minimum Gasteiger partial charge on any atom is -0.452 e. The maximum atomic E-state index is 13.7. The first kappa shape index (κ1) is 27.9. The lowest BCUT2D eigenvalue weighted by atomic mass is 9.69. The highest BCUT2D eigenvalue weighted by molar-refractivity contribution is 6.31. The molecule has 1 aromatic heterocycles. The molecule has 1 heterocycles. The molecule has 5 nitrogen and oxygen atoms in total. The van der Waals surface area contributed by atoms with Crippen LogP contribution in [-0.2, 0) is 16.0 Å². The number of anilines is 1. The number of hydrogen-bond acceptors (Lipinski definition) is 4. The highest BCUT2D eigenvalue weighted by Crippen LogP contribution is 2.45. The number of carbonyl (C=O) groups is 2. The quantitative estimate of drug-likeness (QED) is 0.243. The highest BCUT2D eigenvalue weighted by atomic mass is 35.5. The van der Waals surface area contributed by atoms with Crippen molar-refractivity contribution in [2.45, 2.75) is 33.6 Å². The highest BCUT2D eigenvalue weighted by Gasteiger charge is 2.35. The Hall–Kier alpha value is -3.67. The molecule has 3 aromatic carbocycles. The Labute approximate surface area is 244 Å². The molecule has 0 unspecified atom stereocenters. The number of rotatable bonds is 5. The lowest BCUT2D eigenvalue weighted by molar-refractivity contribution is -0.119. The first-order chi connectivity index (χ1) is 19.1. The summed E-state index contributed by atoms with van der Waals surface area (Å²) in [5.74, 6) is -0.727. The predicted octanol–water partition coefficient (Wildman–Crippen LogP) is 8.49. The maximum absolute atomic E-state index is 13.7. The SMILES string of the molecule is CC(C)(C)[C@H]1C/C(=C\c2ccc(Cl)cc2)c2nc3ccccc3c(C(=O)OCC(=O)Nc3cccc(Cl)c3)c2C1. The number of fused-ring (bicyclic) bond motifs is 2. The van der Waals surface area contributed by atoms with Crippen LogP contribution in [0, 0.1) is 11.3 Å². The van der Waals surface area contributed by atoms with Crippen LogP contribution in [0.2, 0.25) is 10.0 Å². The number of para-hydroxylation sites is 1. The van der Waals surface area contributed by atoms with Crippen LogP contribution >= 0.6 is 23.2 Å². The van der Waals surface area contributed by atoms with Gasteiger partial charge in [-0.15, -0.1) is 0 Å². The molecule has 1 aliphatic rings. The lowest BCUT2D eigenvalue weighted by Gasteiger charge is -2.36. The minimum absolute atomic E-state index is 0.0135. The molecule has 1 aliphatic carbocycles. The molecule has 4 aromatic rings. The van der Waals surface area contributed by atoms with E-state index < -0.39 is 18.5 Å². The standard InChI is InChI=1S/C33H30Cl2N2O3/c1-33(2,3)22-16-21(15-20-11-13-23(34)14-12-20)31-27(17-22)30(26-9-4-5-10-28(26)37-31)32(39)40-19-29(38)36-25-8-6-7-24(35)18-25/h4-15,18,22H,16-17,19H2,1-3H3,(H,36,38)/b21-15+/t22-/m0/s1. The summed E-state index contributed by atoms with van der Waals surface area (Å²) in [5.41, 5.74) is 5.40. The number of ether oxygens (including phenoxy) is 1. The predicted molar refractivity (Wildman–Crippen MR) is 163 cm³/mol. The summed E-state index contributed by atoms with van der Waals surface area (Å²) in [5, 5.41) is 4.61. The molecular formula is C33H30Cl2N2O3. The van der Waals surface area contributed by atoms with Crippen LogP contribution in [0.15, 0.2) is 72.8 Å². The molecule has 1 atom stereocenters. The fraction of sp³-hybridized carbons (Fsp3) is 0.242. The van der Waals surface area contributed by atoms with Crippen molar-refractivity contribution in [2.75, 3.05) is 11.9 Å². The molecule has 40 heavy (non-hydrogen) atoms. The first-order valence-electron chi connectivity index (χ1n) is 13.2. The van der Waals surface area contributed by atoms with E-state index in [9.17, 15) is 9.59 Å². The van der Waals surface area contributed by atoms with Crippen molar-refractivity contribution < 1.29 is 14.3 Å². The van der Waals surface area contributed by atoms with Crippen molar-refractivity contribution in [3.8, 4) is 0 Å². The van der Waals surface area contributed by atoms with E-state index in [0.717, 1.165) is 28.8 Å². The van der Waals surface area contributed by atoms with Crippen molar-refractivity contribution >= 4 is 63.3 Å². The smallest absolute Gasteiger partial charge is 0.339 e. The zero-order chi connectivity index (χ0) is 28.4. The molecule has 0 saturated heterocycles. The Kier molecular flexibility index (Phi) is 7.97. The molecule has 0 spiro atoms. The van der Waals surface area contributed by atoms with Crippen molar-refractivity contribution in [1.82, 2.24) is 4.98 Å². The van der Waals surface area contributed by atoms with E-state index in [1.54, 1.807) is 24.3 Å². The Morgan fingerprint density at radius 1 is 0.975 bits per heavy atom. The van der Waals surface area contributed by atoms with Gasteiger partial charge in [0.1, 0.15) is 0 Å². The summed E-state index contributed by atoms with van der Waals surface area (Å²) in [6, 6.07) is 22.1. The van der Waals surface area contributed by atoms with Gasteiger partial charge >= 0.3 is 5.97 Å². The molecule has 0 radical (unpaired) electrons. The van der Waals surface area contributed by atoms with Gasteiger partial charge in [-0.2, -0.15) is 0 Å². The van der Waals surface area contributed by atoms with Gasteiger partial charge in [-0.25, -0.2) is 9.78 Å². The zero-order valence-electron chi connectivity index (χ0n) is 22.6. The van der Waals surface area contributed by atoms with Crippen molar-refractivity contribution in [1.29, 1.82) is 0 Å². The third kappa shape index (κ3) is 6.22. The van der Waals surface area contributed by atoms with Gasteiger partial charge < -0.3 is 10.1 Å². The molecule has 0 saturated carbocycles. The number of nitrogens with one attached hydrogen (secondary N) is 1. The normalized spacial score (nSPS) is 16.0. The van der Waals surface area contributed by atoms with Crippen LogP contribution < -0.4 is 5.32 Å². The van der Waals surface area contributed by atoms with E-state index in [1.165, 1.54) is 0 Å². The van der Waals surface area contributed by atoms with Crippen LogP contribution in [0.1, 0.15) is 54.4 Å². The van der Waals surface area contributed by atoms with Crippen molar-refractivity contribution in [3.63, 3.8) is 0 Å². The van der Waals surface area contributed by atoms with E-state index in [0.29, 0.717) is 38.6 Å². The van der Waals surface area contributed by atoms with Gasteiger partial charge in [-0.3, -0.25) is 4.79 Å². The van der Waals surface area contributed by atoms with Gasteiger partial charge in [0.15, 0.2) is 6.61 Å². The molecule has 204 valence electrons. The second-order valence-electron chi connectivity index (χ2n) is 11.2. The van der Waals surface area contributed by atoms with E-state index in [2.05, 4.69) is 32.2 Å². The molecule has 0 aliphatic heterocycles. The summed E-state index contributed by atoms with van der Waals surface area (Å²) in [7, 11) is 0. The monoisotopic (exact) mass is 572 g/mol. The van der Waals surface area contributed by atoms with Crippen LogP contribution in [0.25, 0.3) is 22.6 Å². The lowest BCUT2D eigenvalue weighted by Crippen LogP contribution is -2.29. The van der Waals surface area contributed by atoms with E-state index in [-0.39, 0.29) is 11.3 Å². The van der Waals surface area contributed by atoms with Crippen LogP contribution in [0.5, 0.6) is 0 Å². The van der Waals surface area contributed by atoms with E-state index in [4.69, 9.17) is 32.9 Å². The maximum Gasteiger partial charge on any atom is 0.339 e. The molecular weight excluding hydrogens is 543 g/mol. The molecule has 1 amide bonds. The molecule has 0 fully saturated rings. The van der Waals surface area contributed by atoms with Gasteiger partial charge in [-0.05, 0) is 83.3 Å². The van der Waals surface area contributed by atoms with Crippen LogP contribution in [0.3, 0.4) is 0 Å². The van der Waals surface area contributed by atoms with Crippen molar-refractivity contribution in [2.24, 2.45) is 11.3 Å². The average molecular weight is 574 g/mol. The van der Waals surface area contributed by atoms with E-state index in [1.807, 2.05) is 48.5 Å². The van der Waals surface area contributed by atoms with Crippen LogP contribution in [-0.4, -0.2) is 23.5 Å². The summed E-state index contributed by atoms with van der Waals surface area (Å²) in [6.07, 6.45) is 3.62. The minimum atomic E-state index is -0.545. The number of benzene rings is 3. The Morgan fingerprint density at radius 3 is 2.45 bits per heavy atom. The van der Waals surface area contributed by atoms with Gasteiger partial charge in [0, 0.05) is 21.1 Å². The van der Waals surface area contributed by atoms with Gasteiger partial charge in [0.2, 0.25) is 0 Å². The number of pyridine rings is 1. The van der Waals surface area contributed by atoms with Gasteiger partial charge in [0.25, 0.3) is 5.91 Å². The number of halogens is 2. The number of amides is 1. The molecule has 5 rings (SSSR count). The third-order valence-corrected chi connectivity index (χ3v) is 7.78. The fourth-order valence-electron chi connectivity index (χ4n) is 5.10. The third-order valence-electron chi connectivity index (χ3n) is 7.30. The summed E-state index contributed by atoms with van der Waals surface area (Å²) < 4.78 is 5.61. The Balaban J connectivity index is 1.54. The largest absolute Gasteiger partial charge is 0.452 e. The van der Waals surface area contributed by atoms with E-state index >= 15 is 0 Å². The molecule has 0 bridgehead atoms. The first-order valence-corrected chi connectivity index (χ1v) is 13.9. The number of allylic oxidation sites excluding steroid dienone is 1. The Bertz CT molecular complexity index is 1620. The number of nitrogens with zero attached hydrogens (tertiary/aromatic N) is 1. The number of esters is 1. The molecule has 7 heteroatoms. The topological polar surface area (TPSA) is 68.3 Å². The number of carbonyl (C=O) groups excluding carboxylic acids is 2. The number of hydrogen-bond donors (Lipinski definition) is 1. The molecule has 1 N–H and O–H groups in total.